The van der Waals surface area contributed by atoms with Crippen molar-refractivity contribution in [2.45, 2.75) is 13.5 Å². The van der Waals surface area contributed by atoms with Crippen molar-refractivity contribution in [3.63, 3.8) is 0 Å². The van der Waals surface area contributed by atoms with Crippen LogP contribution in [-0.4, -0.2) is 26.9 Å². The van der Waals surface area contributed by atoms with Gasteiger partial charge in [0.1, 0.15) is 0 Å². The number of anilines is 1. The molecule has 0 spiro atoms. The normalized spacial score (nSPS) is 10.4. The maximum absolute atomic E-state index is 13.1. The lowest BCUT2D eigenvalue weighted by atomic mass is 10.2. The van der Waals surface area contributed by atoms with Crippen molar-refractivity contribution in [3.8, 4) is 5.88 Å². The average molecular weight is 251 g/mol. The van der Waals surface area contributed by atoms with Crippen molar-refractivity contribution < 1.29 is 9.13 Å². The van der Waals surface area contributed by atoms with Crippen molar-refractivity contribution in [1.82, 2.24) is 19.7 Å². The third kappa shape index (κ3) is 2.39. The first-order valence-corrected chi connectivity index (χ1v) is 5.39. The number of ether oxygens (including phenoxy) is 1. The minimum absolute atomic E-state index is 0.0737. The minimum atomic E-state index is -0.583. The van der Waals surface area contributed by atoms with Gasteiger partial charge in [0.2, 0.25) is 11.8 Å². The summed E-state index contributed by atoms with van der Waals surface area (Å²) in [5.74, 6) is -0.340. The number of aryl methyl sites for hydroxylation is 1. The molecule has 0 aliphatic carbocycles. The Kier molecular flexibility index (Phi) is 3.40. The lowest BCUT2D eigenvalue weighted by Crippen LogP contribution is -2.06. The van der Waals surface area contributed by atoms with E-state index in [4.69, 9.17) is 4.74 Å². The average Bonchev–Trinajstić information content (AvgIpc) is 2.69. The van der Waals surface area contributed by atoms with Crippen LogP contribution in [0.3, 0.4) is 0 Å². The summed E-state index contributed by atoms with van der Waals surface area (Å²) in [6, 6.07) is 0. The molecule has 2 aromatic rings. The van der Waals surface area contributed by atoms with Gasteiger partial charge in [-0.05, 0) is 6.92 Å². The lowest BCUT2D eigenvalue weighted by molar-refractivity contribution is 0.368. The van der Waals surface area contributed by atoms with Gasteiger partial charge in [-0.15, -0.1) is 0 Å². The summed E-state index contributed by atoms with van der Waals surface area (Å²) in [4.78, 5) is 7.73. The van der Waals surface area contributed by atoms with E-state index in [9.17, 15) is 4.39 Å². The number of nitrogens with one attached hydrogen (secondary N) is 1. The molecule has 0 amide bonds. The Balaban J connectivity index is 2.08. The molecule has 96 valence electrons. The van der Waals surface area contributed by atoms with Gasteiger partial charge in [-0.2, -0.15) is 14.5 Å². The largest absolute Gasteiger partial charge is 0.479 e. The van der Waals surface area contributed by atoms with Gasteiger partial charge in [-0.3, -0.25) is 4.68 Å². The molecule has 0 aromatic carbocycles. The van der Waals surface area contributed by atoms with E-state index in [-0.39, 0.29) is 5.88 Å². The van der Waals surface area contributed by atoms with E-state index in [0.717, 1.165) is 17.5 Å². The molecule has 2 aromatic heterocycles. The standard InChI is InChI=1S/C11H14FN5O/c1-7-8(5-15-17(7)2)4-13-11-14-6-9(12)10(16-11)18-3/h5-6H,4H2,1-3H3,(H,13,14,16). The van der Waals surface area contributed by atoms with Crippen molar-refractivity contribution in [2.24, 2.45) is 7.05 Å². The smallest absolute Gasteiger partial charge is 0.255 e. The van der Waals surface area contributed by atoms with Crippen LogP contribution in [0.15, 0.2) is 12.4 Å². The van der Waals surface area contributed by atoms with E-state index in [1.54, 1.807) is 10.9 Å². The van der Waals surface area contributed by atoms with Crippen molar-refractivity contribution in [1.29, 1.82) is 0 Å². The first-order valence-electron chi connectivity index (χ1n) is 5.39. The summed E-state index contributed by atoms with van der Waals surface area (Å²) in [5, 5.41) is 7.12. The quantitative estimate of drug-likeness (QED) is 0.886. The Hall–Kier alpha value is -2.18. The molecule has 0 fully saturated rings. The van der Waals surface area contributed by atoms with E-state index >= 15 is 0 Å². The number of methoxy groups -OCH3 is 1. The minimum Gasteiger partial charge on any atom is -0.479 e. The first kappa shape index (κ1) is 12.3. The molecule has 2 heterocycles. The predicted molar refractivity (Wildman–Crippen MR) is 63.8 cm³/mol. The van der Waals surface area contributed by atoms with Gasteiger partial charge in [0.15, 0.2) is 0 Å². The molecule has 0 atom stereocenters. The number of halogens is 1. The van der Waals surface area contributed by atoms with Crippen LogP contribution in [0, 0.1) is 12.7 Å². The third-order valence-electron chi connectivity index (χ3n) is 2.68. The molecule has 0 bridgehead atoms. The summed E-state index contributed by atoms with van der Waals surface area (Å²) >= 11 is 0. The molecule has 2 rings (SSSR count). The van der Waals surface area contributed by atoms with E-state index < -0.39 is 5.82 Å². The van der Waals surface area contributed by atoms with Gasteiger partial charge in [-0.1, -0.05) is 0 Å². The molecule has 0 saturated carbocycles. The first-order chi connectivity index (χ1) is 8.61. The Morgan fingerprint density at radius 1 is 1.44 bits per heavy atom. The molecule has 1 N–H and O–H groups in total. The molecule has 0 radical (unpaired) electrons. The fourth-order valence-electron chi connectivity index (χ4n) is 1.47. The Bertz CT molecular complexity index is 554. The highest BCUT2D eigenvalue weighted by molar-refractivity contribution is 5.30. The lowest BCUT2D eigenvalue weighted by Gasteiger charge is -2.06. The van der Waals surface area contributed by atoms with E-state index in [1.165, 1.54) is 7.11 Å². The SMILES string of the molecule is COc1nc(NCc2cnn(C)c2C)ncc1F. The second-order valence-corrected chi connectivity index (χ2v) is 3.78. The number of hydrogen-bond acceptors (Lipinski definition) is 5. The van der Waals surface area contributed by atoms with Gasteiger partial charge >= 0.3 is 0 Å². The molecular formula is C11H14FN5O. The van der Waals surface area contributed by atoms with Crippen LogP contribution < -0.4 is 10.1 Å². The van der Waals surface area contributed by atoms with Crippen molar-refractivity contribution >= 4 is 5.95 Å². The molecule has 0 aliphatic heterocycles. The number of nitrogens with zero attached hydrogens (tertiary/aromatic N) is 4. The fourth-order valence-corrected chi connectivity index (χ4v) is 1.47. The molecule has 0 aliphatic rings. The van der Waals surface area contributed by atoms with Crippen LogP contribution >= 0.6 is 0 Å². The number of rotatable bonds is 4. The van der Waals surface area contributed by atoms with E-state index in [0.29, 0.717) is 12.5 Å². The van der Waals surface area contributed by atoms with Gasteiger partial charge < -0.3 is 10.1 Å². The summed E-state index contributed by atoms with van der Waals surface area (Å²) in [6.45, 7) is 2.49. The Labute approximate surface area is 104 Å². The molecular weight excluding hydrogens is 237 g/mol. The second-order valence-electron chi connectivity index (χ2n) is 3.78. The van der Waals surface area contributed by atoms with Crippen LogP contribution in [0.25, 0.3) is 0 Å². The molecule has 7 heteroatoms. The number of aromatic nitrogens is 4. The topological polar surface area (TPSA) is 64.9 Å². The highest BCUT2D eigenvalue weighted by Crippen LogP contribution is 2.14. The van der Waals surface area contributed by atoms with Crippen LogP contribution in [0.2, 0.25) is 0 Å². The number of hydrogen-bond donors (Lipinski definition) is 1. The Morgan fingerprint density at radius 3 is 2.83 bits per heavy atom. The zero-order valence-electron chi connectivity index (χ0n) is 10.4. The van der Waals surface area contributed by atoms with Crippen molar-refractivity contribution in [2.75, 3.05) is 12.4 Å². The zero-order chi connectivity index (χ0) is 13.1. The highest BCUT2D eigenvalue weighted by atomic mass is 19.1. The van der Waals surface area contributed by atoms with Crippen molar-refractivity contribution in [3.05, 3.63) is 29.5 Å². The van der Waals surface area contributed by atoms with Gasteiger partial charge in [0, 0.05) is 24.8 Å². The third-order valence-corrected chi connectivity index (χ3v) is 2.68. The summed E-state index contributed by atoms with van der Waals surface area (Å²) in [6.07, 6.45) is 2.84. The summed E-state index contributed by atoms with van der Waals surface area (Å²) in [5.41, 5.74) is 2.08. The molecule has 0 saturated heterocycles. The van der Waals surface area contributed by atoms with Crippen LogP contribution in [0.1, 0.15) is 11.3 Å². The van der Waals surface area contributed by atoms with Crippen LogP contribution in [0.5, 0.6) is 5.88 Å². The maximum Gasteiger partial charge on any atom is 0.255 e. The van der Waals surface area contributed by atoms with Gasteiger partial charge in [0.05, 0.1) is 19.5 Å². The predicted octanol–water partition coefficient (Wildman–Crippen LogP) is 1.28. The van der Waals surface area contributed by atoms with E-state index in [1.807, 2.05) is 14.0 Å². The monoisotopic (exact) mass is 251 g/mol. The molecule has 18 heavy (non-hydrogen) atoms. The molecule has 0 unspecified atom stereocenters. The van der Waals surface area contributed by atoms with Gasteiger partial charge in [-0.25, -0.2) is 4.98 Å². The summed E-state index contributed by atoms with van der Waals surface area (Å²) in [7, 11) is 3.23. The molecule has 6 nitrogen and oxygen atoms in total. The van der Waals surface area contributed by atoms with E-state index in [2.05, 4.69) is 20.4 Å². The Morgan fingerprint density at radius 2 is 2.22 bits per heavy atom. The van der Waals surface area contributed by atoms with Crippen LogP contribution in [0.4, 0.5) is 10.3 Å². The fraction of sp³-hybridized carbons (Fsp3) is 0.364. The highest BCUT2D eigenvalue weighted by Gasteiger charge is 2.08. The zero-order valence-corrected chi connectivity index (χ0v) is 10.4. The second kappa shape index (κ2) is 4.99. The summed E-state index contributed by atoms with van der Waals surface area (Å²) < 4.78 is 19.7. The van der Waals surface area contributed by atoms with Gasteiger partial charge in [0.25, 0.3) is 5.88 Å². The maximum atomic E-state index is 13.1. The van der Waals surface area contributed by atoms with Crippen LogP contribution in [-0.2, 0) is 13.6 Å².